The Morgan fingerprint density at radius 3 is 2.79 bits per heavy atom. The van der Waals surface area contributed by atoms with Gasteiger partial charge in [-0.3, -0.25) is 4.79 Å². The van der Waals surface area contributed by atoms with E-state index in [-0.39, 0.29) is 5.91 Å². The molecule has 0 radical (unpaired) electrons. The number of hydrogen-bond acceptors (Lipinski definition) is 4. The van der Waals surface area contributed by atoms with Crippen molar-refractivity contribution in [3.05, 3.63) is 28.3 Å². The van der Waals surface area contributed by atoms with Crippen LogP contribution in [0, 0.1) is 11.3 Å². The van der Waals surface area contributed by atoms with Crippen molar-refractivity contribution in [2.24, 2.45) is 11.3 Å². The quantitative estimate of drug-likeness (QED) is 0.813. The lowest BCUT2D eigenvalue weighted by Crippen LogP contribution is -2.37. The maximum atomic E-state index is 12.6. The molecule has 2 aromatic heterocycles. The van der Waals surface area contributed by atoms with Gasteiger partial charge in [0, 0.05) is 24.2 Å². The summed E-state index contributed by atoms with van der Waals surface area (Å²) in [6.45, 7) is 11.0. The minimum Gasteiger partial charge on any atom is -0.350 e. The number of amides is 1. The fourth-order valence-corrected chi connectivity index (χ4v) is 5.52. The van der Waals surface area contributed by atoms with Gasteiger partial charge in [-0.15, -0.1) is 11.3 Å². The molecule has 1 N–H and O–H groups in total. The molecule has 1 aliphatic carbocycles. The third-order valence-corrected chi connectivity index (χ3v) is 7.53. The van der Waals surface area contributed by atoms with Crippen LogP contribution in [-0.4, -0.2) is 42.0 Å². The summed E-state index contributed by atoms with van der Waals surface area (Å²) in [5.74, 6) is 0.751. The molecule has 1 atom stereocenters. The third kappa shape index (κ3) is 4.41. The minimum absolute atomic E-state index is 0.0468. The van der Waals surface area contributed by atoms with Gasteiger partial charge in [0.15, 0.2) is 0 Å². The van der Waals surface area contributed by atoms with E-state index in [2.05, 4.69) is 37.1 Å². The average molecular weight is 400 g/mol. The van der Waals surface area contributed by atoms with E-state index in [0.29, 0.717) is 11.3 Å². The van der Waals surface area contributed by atoms with Crippen LogP contribution < -0.4 is 5.32 Å². The summed E-state index contributed by atoms with van der Waals surface area (Å²) in [6, 6.07) is 4.32. The number of nitrogens with zero attached hydrogens (tertiary/aromatic N) is 2. The summed E-state index contributed by atoms with van der Waals surface area (Å²) >= 11 is 1.53. The fourth-order valence-electron chi connectivity index (χ4n) is 4.57. The predicted octanol–water partition coefficient (Wildman–Crippen LogP) is 4.66. The second kappa shape index (κ2) is 8.11. The van der Waals surface area contributed by atoms with Gasteiger partial charge in [-0.1, -0.05) is 27.2 Å². The maximum Gasteiger partial charge on any atom is 0.261 e. The topological polar surface area (TPSA) is 45.2 Å². The highest BCUT2D eigenvalue weighted by atomic mass is 32.1. The number of likely N-dealkylation sites (tertiary alicyclic amines) is 1. The largest absolute Gasteiger partial charge is 0.350 e. The van der Waals surface area contributed by atoms with E-state index in [9.17, 15) is 4.79 Å². The Kier molecular flexibility index (Phi) is 5.75. The zero-order valence-corrected chi connectivity index (χ0v) is 18.3. The lowest BCUT2D eigenvalue weighted by atomic mass is 9.71. The number of pyridine rings is 1. The van der Waals surface area contributed by atoms with Crippen molar-refractivity contribution in [3.8, 4) is 0 Å². The standard InChI is InChI=1S/C23H33N3OS/c1-23(2,3)18-7-8-19-16(14-18)13-17-15-20(28-22(17)25-19)21(27)24-9-12-26-10-5-4-6-11-26/h13,15,18H,4-12,14H2,1-3H3,(H,24,27). The van der Waals surface area contributed by atoms with Crippen LogP contribution in [0.4, 0.5) is 0 Å². The Hall–Kier alpha value is -1.46. The lowest BCUT2D eigenvalue weighted by molar-refractivity contribution is 0.0950. The molecule has 28 heavy (non-hydrogen) atoms. The lowest BCUT2D eigenvalue weighted by Gasteiger charge is -2.34. The highest BCUT2D eigenvalue weighted by Crippen LogP contribution is 2.38. The number of fused-ring (bicyclic) bond motifs is 2. The van der Waals surface area contributed by atoms with Crippen LogP contribution in [0.3, 0.4) is 0 Å². The van der Waals surface area contributed by atoms with Crippen molar-refractivity contribution in [1.82, 2.24) is 15.2 Å². The highest BCUT2D eigenvalue weighted by molar-refractivity contribution is 7.20. The molecule has 4 rings (SSSR count). The number of carbonyl (C=O) groups excluding carboxylic acids is 1. The second-order valence-corrected chi connectivity index (χ2v) is 10.6. The van der Waals surface area contributed by atoms with Crippen molar-refractivity contribution >= 4 is 27.5 Å². The molecule has 2 aromatic rings. The Labute approximate surface area is 172 Å². The van der Waals surface area contributed by atoms with Crippen molar-refractivity contribution in [1.29, 1.82) is 0 Å². The van der Waals surface area contributed by atoms with Gasteiger partial charge in [0.2, 0.25) is 0 Å². The second-order valence-electron chi connectivity index (χ2n) is 9.56. The molecule has 0 spiro atoms. The zero-order chi connectivity index (χ0) is 19.7. The van der Waals surface area contributed by atoms with Crippen LogP contribution in [0.25, 0.3) is 10.2 Å². The van der Waals surface area contributed by atoms with Gasteiger partial charge in [0.25, 0.3) is 5.91 Å². The highest BCUT2D eigenvalue weighted by Gasteiger charge is 2.29. The third-order valence-electron chi connectivity index (χ3n) is 6.48. The van der Waals surface area contributed by atoms with Crippen LogP contribution in [-0.2, 0) is 12.8 Å². The van der Waals surface area contributed by atoms with Gasteiger partial charge < -0.3 is 10.2 Å². The molecule has 1 amide bonds. The van der Waals surface area contributed by atoms with Gasteiger partial charge in [0.1, 0.15) is 4.83 Å². The number of carbonyl (C=O) groups is 1. The Morgan fingerprint density at radius 1 is 1.25 bits per heavy atom. The van der Waals surface area contributed by atoms with E-state index in [1.807, 2.05) is 6.07 Å². The first-order chi connectivity index (χ1) is 13.4. The van der Waals surface area contributed by atoms with Crippen LogP contribution in [0.15, 0.2) is 12.1 Å². The summed E-state index contributed by atoms with van der Waals surface area (Å²) < 4.78 is 0. The molecule has 1 aliphatic heterocycles. The van der Waals surface area contributed by atoms with E-state index >= 15 is 0 Å². The van der Waals surface area contributed by atoms with E-state index < -0.39 is 0 Å². The van der Waals surface area contributed by atoms with Gasteiger partial charge in [-0.2, -0.15) is 0 Å². The molecule has 1 unspecified atom stereocenters. The summed E-state index contributed by atoms with van der Waals surface area (Å²) in [5.41, 5.74) is 2.96. The van der Waals surface area contributed by atoms with E-state index in [1.165, 1.54) is 61.4 Å². The summed E-state index contributed by atoms with van der Waals surface area (Å²) in [5, 5.41) is 4.23. The molecule has 0 saturated carbocycles. The van der Waals surface area contributed by atoms with Crippen molar-refractivity contribution in [3.63, 3.8) is 0 Å². The van der Waals surface area contributed by atoms with E-state index in [1.54, 1.807) is 0 Å². The number of thiophene rings is 1. The van der Waals surface area contributed by atoms with Gasteiger partial charge in [0.05, 0.1) is 4.88 Å². The number of aromatic nitrogens is 1. The first-order valence-corrected chi connectivity index (χ1v) is 11.6. The van der Waals surface area contributed by atoms with Crippen LogP contribution in [0.1, 0.15) is 67.4 Å². The molecule has 5 heteroatoms. The van der Waals surface area contributed by atoms with Crippen molar-refractivity contribution in [2.45, 2.75) is 59.3 Å². The Bertz CT molecular complexity index is 845. The molecule has 0 bridgehead atoms. The first kappa shape index (κ1) is 19.8. The van der Waals surface area contributed by atoms with Gasteiger partial charge in [-0.25, -0.2) is 4.98 Å². The first-order valence-electron chi connectivity index (χ1n) is 10.8. The number of nitrogens with one attached hydrogen (secondary N) is 1. The molecule has 1 saturated heterocycles. The Balaban J connectivity index is 1.42. The van der Waals surface area contributed by atoms with Crippen LogP contribution >= 0.6 is 11.3 Å². The molecular weight excluding hydrogens is 366 g/mol. The van der Waals surface area contributed by atoms with Crippen LogP contribution in [0.2, 0.25) is 0 Å². The molecule has 4 nitrogen and oxygen atoms in total. The number of rotatable bonds is 4. The smallest absolute Gasteiger partial charge is 0.261 e. The molecule has 0 aromatic carbocycles. The molecular formula is C23H33N3OS. The van der Waals surface area contributed by atoms with Crippen molar-refractivity contribution in [2.75, 3.05) is 26.2 Å². The minimum atomic E-state index is 0.0468. The normalized spacial score (nSPS) is 20.9. The number of aryl methyl sites for hydroxylation is 1. The van der Waals surface area contributed by atoms with Crippen molar-refractivity contribution < 1.29 is 4.79 Å². The molecule has 152 valence electrons. The fraction of sp³-hybridized carbons (Fsp3) is 0.652. The monoisotopic (exact) mass is 399 g/mol. The van der Waals surface area contributed by atoms with E-state index in [0.717, 1.165) is 41.0 Å². The molecule has 2 aliphatic rings. The average Bonchev–Trinajstić information content (AvgIpc) is 3.08. The van der Waals surface area contributed by atoms with Gasteiger partial charge >= 0.3 is 0 Å². The maximum absolute atomic E-state index is 12.6. The summed E-state index contributed by atoms with van der Waals surface area (Å²) in [6.07, 6.45) is 7.30. The van der Waals surface area contributed by atoms with E-state index in [4.69, 9.17) is 4.98 Å². The zero-order valence-electron chi connectivity index (χ0n) is 17.5. The molecule has 3 heterocycles. The predicted molar refractivity (Wildman–Crippen MR) is 117 cm³/mol. The number of hydrogen-bond donors (Lipinski definition) is 1. The summed E-state index contributed by atoms with van der Waals surface area (Å²) in [7, 11) is 0. The Morgan fingerprint density at radius 2 is 2.04 bits per heavy atom. The number of piperidine rings is 1. The van der Waals surface area contributed by atoms with Gasteiger partial charge in [-0.05, 0) is 74.2 Å². The molecule has 1 fully saturated rings. The SMILES string of the molecule is CC(C)(C)C1CCc2nc3sc(C(=O)NCCN4CCCCC4)cc3cc2C1. The summed E-state index contributed by atoms with van der Waals surface area (Å²) in [4.78, 5) is 21.8. The van der Waals surface area contributed by atoms with Crippen LogP contribution in [0.5, 0.6) is 0 Å².